The molecule has 0 unspecified atom stereocenters. The zero-order valence-corrected chi connectivity index (χ0v) is 10.5. The average Bonchev–Trinajstić information content (AvgIpc) is 2.75. The van der Waals surface area contributed by atoms with Gasteiger partial charge in [0, 0.05) is 34.1 Å². The summed E-state index contributed by atoms with van der Waals surface area (Å²) in [4.78, 5) is 0. The van der Waals surface area contributed by atoms with E-state index in [1.165, 1.54) is 0 Å². The summed E-state index contributed by atoms with van der Waals surface area (Å²) in [7, 11) is -1.72. The van der Waals surface area contributed by atoms with Crippen LogP contribution in [0.2, 0.25) is 0 Å². The molecule has 2 aromatic carbocycles. The quantitative estimate of drug-likeness (QED) is 0.646. The maximum Gasteiger partial charge on any atom is 0.694 e. The summed E-state index contributed by atoms with van der Waals surface area (Å²) in [5.41, 5.74) is 0. The van der Waals surface area contributed by atoms with E-state index in [0.717, 1.165) is 0 Å². The molecule has 2 aromatic rings. The Morgan fingerprint density at radius 3 is 1.75 bits per heavy atom. The van der Waals surface area contributed by atoms with Gasteiger partial charge in [-0.3, -0.25) is 0 Å². The molecule has 0 amide bonds. The molecule has 0 bridgehead atoms. The molecule has 0 aliphatic heterocycles. The van der Waals surface area contributed by atoms with Crippen LogP contribution in [0.5, 0.6) is 5.75 Å². The van der Waals surface area contributed by atoms with Crippen molar-refractivity contribution in [2.24, 2.45) is 0 Å². The molecule has 0 saturated heterocycles. The van der Waals surface area contributed by atoms with Crippen LogP contribution in [0.3, 0.4) is 0 Å². The van der Waals surface area contributed by atoms with Crippen molar-refractivity contribution in [2.75, 3.05) is 0 Å². The topological polar surface area (TPSA) is 49.7 Å². The molecule has 0 radical (unpaired) electrons. The van der Waals surface area contributed by atoms with Crippen LogP contribution in [-0.4, -0.2) is 17.4 Å². The SMILES string of the molecule is OB(O)O[c-]1cccc1.[Fe].[Fe].c1cc[cH-]c1. The fraction of sp³-hybridized carbons (Fsp3) is 0. The Balaban J connectivity index is 0. The van der Waals surface area contributed by atoms with Crippen molar-refractivity contribution in [1.82, 2.24) is 0 Å². The van der Waals surface area contributed by atoms with Crippen molar-refractivity contribution in [3.8, 4) is 5.75 Å². The first-order chi connectivity index (χ1) is 6.79. The minimum Gasteiger partial charge on any atom is -0.576 e. The van der Waals surface area contributed by atoms with Gasteiger partial charge in [0.15, 0.2) is 0 Å². The Hall–Kier alpha value is -0.476. The molecule has 0 aliphatic rings. The van der Waals surface area contributed by atoms with Crippen LogP contribution in [0, 0.1) is 0 Å². The number of hydrogen-bond acceptors (Lipinski definition) is 3. The second-order valence-electron chi connectivity index (χ2n) is 2.53. The predicted octanol–water partition coefficient (Wildman–Crippen LogP) is 1.15. The van der Waals surface area contributed by atoms with Gasteiger partial charge in [-0.2, -0.15) is 18.2 Å². The molecular weight excluding hydrogens is 291 g/mol. The van der Waals surface area contributed by atoms with Crippen molar-refractivity contribution in [3.05, 3.63) is 54.6 Å². The van der Waals surface area contributed by atoms with Gasteiger partial charge in [-0.05, 0) is 5.75 Å². The van der Waals surface area contributed by atoms with E-state index in [4.69, 9.17) is 10.0 Å². The van der Waals surface area contributed by atoms with Crippen LogP contribution in [0.15, 0.2) is 54.6 Å². The molecule has 16 heavy (non-hydrogen) atoms. The van der Waals surface area contributed by atoms with E-state index < -0.39 is 7.32 Å². The van der Waals surface area contributed by atoms with Crippen LogP contribution < -0.4 is 4.65 Å². The maximum absolute atomic E-state index is 8.26. The molecule has 0 heterocycles. The summed E-state index contributed by atoms with van der Waals surface area (Å²) in [5.74, 6) is 0.463. The van der Waals surface area contributed by atoms with Gasteiger partial charge < -0.3 is 14.7 Å². The molecule has 3 nitrogen and oxygen atoms in total. The molecule has 0 atom stereocenters. The molecule has 90 valence electrons. The first kappa shape index (κ1) is 17.9. The molecule has 0 aliphatic carbocycles. The standard InChI is InChI=1S/C5H6BO3.C5H5.2Fe/c7-6(8)9-5-3-1-2-4-5;1-2-4-5-3-1;;/h1-4,7-8H;1-5H;;/q2*-1;;. The zero-order valence-electron chi connectivity index (χ0n) is 8.28. The van der Waals surface area contributed by atoms with Gasteiger partial charge >= 0.3 is 7.32 Å². The summed E-state index contributed by atoms with van der Waals surface area (Å²) in [6.45, 7) is 0. The molecule has 0 saturated carbocycles. The zero-order chi connectivity index (χ0) is 10.2. The molecule has 2 rings (SSSR count). The summed E-state index contributed by atoms with van der Waals surface area (Å²) >= 11 is 0. The Morgan fingerprint density at radius 2 is 1.44 bits per heavy atom. The van der Waals surface area contributed by atoms with E-state index in [9.17, 15) is 0 Å². The normalized spacial score (nSPS) is 7.62. The van der Waals surface area contributed by atoms with Gasteiger partial charge in [-0.1, -0.05) is 0 Å². The third-order valence-corrected chi connectivity index (χ3v) is 1.43. The van der Waals surface area contributed by atoms with Crippen molar-refractivity contribution >= 4 is 7.32 Å². The van der Waals surface area contributed by atoms with E-state index >= 15 is 0 Å². The number of rotatable bonds is 2. The third kappa shape index (κ3) is 8.80. The van der Waals surface area contributed by atoms with Gasteiger partial charge in [0.25, 0.3) is 0 Å². The Morgan fingerprint density at radius 1 is 0.938 bits per heavy atom. The molecule has 6 heteroatoms. The van der Waals surface area contributed by atoms with Crippen LogP contribution >= 0.6 is 0 Å². The van der Waals surface area contributed by atoms with Gasteiger partial charge in [0.1, 0.15) is 0 Å². The second-order valence-corrected chi connectivity index (χ2v) is 2.53. The minimum absolute atomic E-state index is 0. The fourth-order valence-corrected chi connectivity index (χ4v) is 0.877. The largest absolute Gasteiger partial charge is 0.694 e. The van der Waals surface area contributed by atoms with Crippen LogP contribution in [0.1, 0.15) is 0 Å². The van der Waals surface area contributed by atoms with Gasteiger partial charge in [0.05, 0.1) is 0 Å². The number of hydrogen-bond donors (Lipinski definition) is 2. The molecular formula is C10H11BFe2O3-2. The van der Waals surface area contributed by atoms with E-state index in [1.54, 1.807) is 24.3 Å². The first-order valence-electron chi connectivity index (χ1n) is 4.20. The summed E-state index contributed by atoms with van der Waals surface area (Å²) in [5, 5.41) is 16.5. The van der Waals surface area contributed by atoms with Crippen molar-refractivity contribution in [2.45, 2.75) is 0 Å². The summed E-state index contributed by atoms with van der Waals surface area (Å²) in [6, 6.07) is 16.8. The molecule has 0 fully saturated rings. The Kier molecular flexibility index (Phi) is 12.3. The van der Waals surface area contributed by atoms with Gasteiger partial charge in [-0.25, -0.2) is 24.3 Å². The fourth-order valence-electron chi connectivity index (χ4n) is 0.877. The van der Waals surface area contributed by atoms with Gasteiger partial charge in [-0.15, -0.1) is 12.1 Å². The Labute approximate surface area is 116 Å². The molecule has 2 N–H and O–H groups in total. The maximum atomic E-state index is 8.26. The summed E-state index contributed by atoms with van der Waals surface area (Å²) < 4.78 is 4.47. The molecule has 0 aromatic heterocycles. The third-order valence-electron chi connectivity index (χ3n) is 1.43. The second kappa shape index (κ2) is 11.0. The monoisotopic (exact) mass is 302 g/mol. The van der Waals surface area contributed by atoms with E-state index in [1.807, 2.05) is 30.3 Å². The van der Waals surface area contributed by atoms with Crippen molar-refractivity contribution in [1.29, 1.82) is 0 Å². The van der Waals surface area contributed by atoms with Crippen LogP contribution in [0.4, 0.5) is 0 Å². The van der Waals surface area contributed by atoms with Crippen molar-refractivity contribution < 1.29 is 48.8 Å². The van der Waals surface area contributed by atoms with E-state index in [2.05, 4.69) is 4.65 Å². The van der Waals surface area contributed by atoms with Crippen molar-refractivity contribution in [3.63, 3.8) is 0 Å². The average molecular weight is 302 g/mol. The smallest absolute Gasteiger partial charge is 0.576 e. The molecule has 0 spiro atoms. The first-order valence-corrected chi connectivity index (χ1v) is 4.20. The van der Waals surface area contributed by atoms with E-state index in [0.29, 0.717) is 5.75 Å². The summed E-state index contributed by atoms with van der Waals surface area (Å²) in [6.07, 6.45) is 0. The minimum atomic E-state index is -1.72. The van der Waals surface area contributed by atoms with E-state index in [-0.39, 0.29) is 34.1 Å². The Bertz CT molecular complexity index is 291. The van der Waals surface area contributed by atoms with Gasteiger partial charge in [0.2, 0.25) is 0 Å². The predicted molar refractivity (Wildman–Crippen MR) is 54.9 cm³/mol. The van der Waals surface area contributed by atoms with Crippen LogP contribution in [0.25, 0.3) is 0 Å². The van der Waals surface area contributed by atoms with Crippen LogP contribution in [-0.2, 0) is 34.1 Å².